The number of nitrogens with one attached hydrogen (secondary N) is 2. The van der Waals surface area contributed by atoms with E-state index in [1.54, 1.807) is 30.3 Å². The minimum atomic E-state index is -0.238. The van der Waals surface area contributed by atoms with Gasteiger partial charge in [-0.1, -0.05) is 38.7 Å². The fourth-order valence-corrected chi connectivity index (χ4v) is 2.16. The molecule has 126 valence electrons. The number of ether oxygens (including phenoxy) is 1. The van der Waals surface area contributed by atoms with Crippen molar-refractivity contribution < 1.29 is 9.53 Å². The Balaban J connectivity index is 2.33. The first kappa shape index (κ1) is 19.2. The summed E-state index contributed by atoms with van der Waals surface area (Å²) in [7, 11) is 0. The van der Waals surface area contributed by atoms with Crippen LogP contribution < -0.4 is 15.4 Å². The van der Waals surface area contributed by atoms with Gasteiger partial charge in [0.1, 0.15) is 5.75 Å². The molecule has 0 radical (unpaired) electrons. The molecule has 0 spiro atoms. The Labute approximate surface area is 144 Å². The van der Waals surface area contributed by atoms with Gasteiger partial charge in [-0.2, -0.15) is 0 Å². The van der Waals surface area contributed by atoms with Gasteiger partial charge in [0.05, 0.1) is 6.61 Å². The summed E-state index contributed by atoms with van der Waals surface area (Å²) in [6.45, 7) is 7.01. The maximum absolute atomic E-state index is 12.0. The van der Waals surface area contributed by atoms with E-state index in [9.17, 15) is 4.79 Å². The Morgan fingerprint density at radius 2 is 1.91 bits per heavy atom. The Bertz CT molecular complexity index is 500. The van der Waals surface area contributed by atoms with Crippen molar-refractivity contribution in [2.45, 2.75) is 39.0 Å². The van der Waals surface area contributed by atoms with Crippen molar-refractivity contribution >= 4 is 23.2 Å². The molecular formula is C18H26N2O2S. The highest BCUT2D eigenvalue weighted by Crippen LogP contribution is 2.13. The molecular weight excluding hydrogens is 308 g/mol. The molecule has 0 fully saturated rings. The smallest absolute Gasteiger partial charge is 0.257 e. The minimum Gasteiger partial charge on any atom is -0.494 e. The van der Waals surface area contributed by atoms with Crippen molar-refractivity contribution in [2.24, 2.45) is 0 Å². The maximum atomic E-state index is 12.0. The van der Waals surface area contributed by atoms with Crippen LogP contribution in [-0.2, 0) is 0 Å². The van der Waals surface area contributed by atoms with E-state index in [4.69, 9.17) is 17.0 Å². The van der Waals surface area contributed by atoms with Crippen molar-refractivity contribution in [3.8, 4) is 5.75 Å². The molecule has 5 heteroatoms. The number of unbranched alkanes of at least 4 members (excludes halogenated alkanes) is 4. The zero-order valence-electron chi connectivity index (χ0n) is 13.8. The Kier molecular flexibility index (Phi) is 9.71. The number of thiocarbonyl (C=S) groups is 1. The summed E-state index contributed by atoms with van der Waals surface area (Å²) >= 11 is 5.01. The van der Waals surface area contributed by atoms with Crippen LogP contribution in [0.15, 0.2) is 36.9 Å². The average Bonchev–Trinajstić information content (AvgIpc) is 2.56. The summed E-state index contributed by atoms with van der Waals surface area (Å²) in [5.41, 5.74) is 0.544. The number of carbonyl (C=O) groups excluding carboxylic acids is 1. The molecule has 0 atom stereocenters. The standard InChI is InChI=1S/C18H26N2O2S/c1-3-5-6-7-8-14-22-16-11-9-15(10-12-16)17(21)20-18(23)19-13-4-2/h4,9-12H,2-3,5-8,13-14H2,1H3,(H2,19,20,21,23). The zero-order chi connectivity index (χ0) is 16.9. The molecule has 0 aliphatic heterocycles. The van der Waals surface area contributed by atoms with Crippen molar-refractivity contribution in [1.29, 1.82) is 0 Å². The predicted molar refractivity (Wildman–Crippen MR) is 99.0 cm³/mol. The summed E-state index contributed by atoms with van der Waals surface area (Å²) in [6, 6.07) is 7.08. The molecule has 4 nitrogen and oxygen atoms in total. The van der Waals surface area contributed by atoms with Crippen LogP contribution in [0.3, 0.4) is 0 Å². The molecule has 0 bridgehead atoms. The third-order valence-electron chi connectivity index (χ3n) is 3.27. The van der Waals surface area contributed by atoms with Crippen LogP contribution in [-0.4, -0.2) is 24.2 Å². The van der Waals surface area contributed by atoms with Crippen LogP contribution >= 0.6 is 12.2 Å². The molecule has 1 aromatic rings. The van der Waals surface area contributed by atoms with E-state index in [2.05, 4.69) is 24.1 Å². The molecule has 0 aromatic heterocycles. The van der Waals surface area contributed by atoms with Gasteiger partial charge in [-0.15, -0.1) is 6.58 Å². The first-order chi connectivity index (χ1) is 11.2. The van der Waals surface area contributed by atoms with E-state index in [1.807, 2.05) is 0 Å². The second-order valence-electron chi connectivity index (χ2n) is 5.24. The van der Waals surface area contributed by atoms with E-state index in [0.717, 1.165) is 12.2 Å². The highest BCUT2D eigenvalue weighted by molar-refractivity contribution is 7.80. The van der Waals surface area contributed by atoms with Crippen molar-refractivity contribution in [2.75, 3.05) is 13.2 Å². The summed E-state index contributed by atoms with van der Waals surface area (Å²) in [6.07, 6.45) is 7.73. The number of amides is 1. The third-order valence-corrected chi connectivity index (χ3v) is 3.51. The largest absolute Gasteiger partial charge is 0.494 e. The number of hydrogen-bond acceptors (Lipinski definition) is 3. The molecule has 2 N–H and O–H groups in total. The van der Waals surface area contributed by atoms with E-state index >= 15 is 0 Å². The molecule has 23 heavy (non-hydrogen) atoms. The number of rotatable bonds is 10. The van der Waals surface area contributed by atoms with E-state index in [-0.39, 0.29) is 5.91 Å². The lowest BCUT2D eigenvalue weighted by molar-refractivity contribution is 0.0976. The molecule has 1 rings (SSSR count). The number of carbonyl (C=O) groups is 1. The summed E-state index contributed by atoms with van der Waals surface area (Å²) in [5, 5.41) is 5.76. The Hall–Kier alpha value is -1.88. The highest BCUT2D eigenvalue weighted by Gasteiger charge is 2.07. The van der Waals surface area contributed by atoms with Gasteiger partial charge in [0.15, 0.2) is 5.11 Å². The molecule has 0 aliphatic rings. The van der Waals surface area contributed by atoms with Crippen LogP contribution in [0, 0.1) is 0 Å². The van der Waals surface area contributed by atoms with Crippen molar-refractivity contribution in [3.63, 3.8) is 0 Å². The van der Waals surface area contributed by atoms with Gasteiger partial charge >= 0.3 is 0 Å². The van der Waals surface area contributed by atoms with Crippen LogP contribution in [0.5, 0.6) is 5.75 Å². The van der Waals surface area contributed by atoms with Gasteiger partial charge in [-0.05, 0) is 42.9 Å². The number of hydrogen-bond donors (Lipinski definition) is 2. The minimum absolute atomic E-state index is 0.238. The quantitative estimate of drug-likeness (QED) is 0.388. The summed E-state index contributed by atoms with van der Waals surface area (Å²) < 4.78 is 5.67. The molecule has 0 heterocycles. The van der Waals surface area contributed by atoms with Crippen LogP contribution in [0.4, 0.5) is 0 Å². The number of benzene rings is 1. The van der Waals surface area contributed by atoms with Crippen molar-refractivity contribution in [3.05, 3.63) is 42.5 Å². The van der Waals surface area contributed by atoms with E-state index in [1.165, 1.54) is 25.7 Å². The summed E-state index contributed by atoms with van der Waals surface area (Å²) in [4.78, 5) is 12.0. The van der Waals surface area contributed by atoms with Crippen LogP contribution in [0.2, 0.25) is 0 Å². The molecule has 1 aromatic carbocycles. The first-order valence-electron chi connectivity index (χ1n) is 8.10. The van der Waals surface area contributed by atoms with Gasteiger partial charge in [0.25, 0.3) is 5.91 Å². The fourth-order valence-electron chi connectivity index (χ4n) is 1.98. The van der Waals surface area contributed by atoms with E-state index in [0.29, 0.717) is 23.8 Å². The molecule has 0 aliphatic carbocycles. The fraction of sp³-hybridized carbons (Fsp3) is 0.444. The van der Waals surface area contributed by atoms with Gasteiger partial charge in [0, 0.05) is 12.1 Å². The lowest BCUT2D eigenvalue weighted by atomic mass is 10.2. The third kappa shape index (κ3) is 8.35. The van der Waals surface area contributed by atoms with Gasteiger partial charge < -0.3 is 10.1 Å². The lowest BCUT2D eigenvalue weighted by Gasteiger charge is -2.09. The Morgan fingerprint density at radius 3 is 2.57 bits per heavy atom. The average molecular weight is 334 g/mol. The molecule has 0 unspecified atom stereocenters. The van der Waals surface area contributed by atoms with Crippen LogP contribution in [0.1, 0.15) is 49.4 Å². The predicted octanol–water partition coefficient (Wildman–Crippen LogP) is 3.83. The lowest BCUT2D eigenvalue weighted by Crippen LogP contribution is -2.39. The van der Waals surface area contributed by atoms with Gasteiger partial charge in [0.2, 0.25) is 0 Å². The second kappa shape index (κ2) is 11.7. The molecule has 1 amide bonds. The van der Waals surface area contributed by atoms with Gasteiger partial charge in [-0.3, -0.25) is 10.1 Å². The molecule has 0 saturated heterocycles. The van der Waals surface area contributed by atoms with Gasteiger partial charge in [-0.25, -0.2) is 0 Å². The van der Waals surface area contributed by atoms with Crippen molar-refractivity contribution in [1.82, 2.24) is 10.6 Å². The zero-order valence-corrected chi connectivity index (χ0v) is 14.6. The topological polar surface area (TPSA) is 50.4 Å². The molecule has 0 saturated carbocycles. The van der Waals surface area contributed by atoms with E-state index < -0.39 is 0 Å². The SMILES string of the molecule is C=CCNC(=S)NC(=O)c1ccc(OCCCCCCC)cc1. The second-order valence-corrected chi connectivity index (χ2v) is 5.65. The first-order valence-corrected chi connectivity index (χ1v) is 8.51. The normalized spacial score (nSPS) is 9.96. The highest BCUT2D eigenvalue weighted by atomic mass is 32.1. The maximum Gasteiger partial charge on any atom is 0.257 e. The Morgan fingerprint density at radius 1 is 1.22 bits per heavy atom. The summed E-state index contributed by atoms with van der Waals surface area (Å²) in [5.74, 6) is 0.544. The van der Waals surface area contributed by atoms with Crippen LogP contribution in [0.25, 0.3) is 0 Å². The monoisotopic (exact) mass is 334 g/mol.